The van der Waals surface area contributed by atoms with Gasteiger partial charge in [0.15, 0.2) is 17.4 Å². The molecule has 0 spiro atoms. The molecule has 20 heavy (non-hydrogen) atoms. The molecule has 2 aromatic rings. The van der Waals surface area contributed by atoms with E-state index >= 15 is 0 Å². The maximum atomic E-state index is 13.2. The van der Waals surface area contributed by atoms with Crippen molar-refractivity contribution in [1.82, 2.24) is 0 Å². The minimum Gasteiger partial charge on any atom is -0.503 e. The Hall–Kier alpha value is -1.82. The second-order valence-corrected chi connectivity index (χ2v) is 4.97. The average molecular weight is 344 g/mol. The van der Waals surface area contributed by atoms with Gasteiger partial charge in [-0.1, -0.05) is 0 Å². The summed E-state index contributed by atoms with van der Waals surface area (Å²) in [4.78, 5) is 0. The molecule has 0 aliphatic carbocycles. The van der Waals surface area contributed by atoms with Crippen molar-refractivity contribution >= 4 is 21.6 Å². The molecule has 0 bridgehead atoms. The number of ether oxygens (including phenoxy) is 1. The zero-order chi connectivity index (χ0) is 14.7. The molecule has 106 valence electrons. The Morgan fingerprint density at radius 1 is 1.20 bits per heavy atom. The molecule has 0 saturated heterocycles. The van der Waals surface area contributed by atoms with Crippen LogP contribution in [-0.4, -0.2) is 12.2 Å². The molecule has 6 heteroatoms. The van der Waals surface area contributed by atoms with E-state index in [1.54, 1.807) is 25.3 Å². The fraction of sp³-hybridized carbons (Fsp3) is 0.143. The van der Waals surface area contributed by atoms with Crippen LogP contribution < -0.4 is 10.1 Å². The summed E-state index contributed by atoms with van der Waals surface area (Å²) in [5, 5.41) is 12.0. The Kier molecular flexibility index (Phi) is 4.44. The normalized spacial score (nSPS) is 10.4. The third-order valence-corrected chi connectivity index (χ3v) is 3.34. The SMILES string of the molecule is COc1ccc(NCc2cc(F)c(O)c(F)c2)cc1Br. The smallest absolute Gasteiger partial charge is 0.187 e. The molecular weight excluding hydrogens is 332 g/mol. The Morgan fingerprint density at radius 3 is 2.40 bits per heavy atom. The maximum absolute atomic E-state index is 13.2. The van der Waals surface area contributed by atoms with E-state index in [0.717, 1.165) is 22.3 Å². The Labute approximate surface area is 123 Å². The first-order valence-electron chi connectivity index (χ1n) is 5.75. The summed E-state index contributed by atoms with van der Waals surface area (Å²) in [7, 11) is 1.56. The molecule has 0 unspecified atom stereocenters. The van der Waals surface area contributed by atoms with E-state index in [1.165, 1.54) is 0 Å². The molecule has 0 saturated carbocycles. The number of anilines is 1. The lowest BCUT2D eigenvalue weighted by molar-refractivity contribution is 0.395. The van der Waals surface area contributed by atoms with Gasteiger partial charge in [-0.3, -0.25) is 0 Å². The molecule has 2 aromatic carbocycles. The number of phenolic OH excluding ortho intramolecular Hbond substituents is 1. The van der Waals surface area contributed by atoms with Gasteiger partial charge in [-0.05, 0) is 51.8 Å². The van der Waals surface area contributed by atoms with Crippen LogP contribution in [0, 0.1) is 11.6 Å². The van der Waals surface area contributed by atoms with Gasteiger partial charge in [-0.25, -0.2) is 8.78 Å². The summed E-state index contributed by atoms with van der Waals surface area (Å²) in [6, 6.07) is 7.53. The number of nitrogens with one attached hydrogen (secondary N) is 1. The molecule has 3 nitrogen and oxygen atoms in total. The quantitative estimate of drug-likeness (QED) is 0.879. The van der Waals surface area contributed by atoms with Crippen LogP contribution in [0.1, 0.15) is 5.56 Å². The van der Waals surface area contributed by atoms with Crippen molar-refractivity contribution in [2.75, 3.05) is 12.4 Å². The van der Waals surface area contributed by atoms with Gasteiger partial charge in [-0.2, -0.15) is 0 Å². The summed E-state index contributed by atoms with van der Waals surface area (Å²) in [5.41, 5.74) is 1.16. The van der Waals surface area contributed by atoms with Crippen molar-refractivity contribution in [3.8, 4) is 11.5 Å². The van der Waals surface area contributed by atoms with Gasteiger partial charge in [0.1, 0.15) is 5.75 Å². The summed E-state index contributed by atoms with van der Waals surface area (Å²) < 4.78 is 32.3. The van der Waals surface area contributed by atoms with E-state index in [-0.39, 0.29) is 6.54 Å². The summed E-state index contributed by atoms with van der Waals surface area (Å²) >= 11 is 3.35. The monoisotopic (exact) mass is 343 g/mol. The van der Waals surface area contributed by atoms with E-state index in [0.29, 0.717) is 11.3 Å². The molecule has 0 amide bonds. The molecule has 0 aromatic heterocycles. The number of halogens is 3. The first-order chi connectivity index (χ1) is 9.51. The van der Waals surface area contributed by atoms with Crippen LogP contribution in [-0.2, 0) is 6.54 Å². The van der Waals surface area contributed by atoms with Gasteiger partial charge in [0.2, 0.25) is 0 Å². The molecule has 0 aliphatic heterocycles. The van der Waals surface area contributed by atoms with Gasteiger partial charge in [-0.15, -0.1) is 0 Å². The predicted molar refractivity (Wildman–Crippen MR) is 76.0 cm³/mol. The lowest BCUT2D eigenvalue weighted by atomic mass is 10.2. The number of aromatic hydroxyl groups is 1. The van der Waals surface area contributed by atoms with Crippen molar-refractivity contribution < 1.29 is 18.6 Å². The van der Waals surface area contributed by atoms with Gasteiger partial charge >= 0.3 is 0 Å². The minimum atomic E-state index is -0.974. The van der Waals surface area contributed by atoms with Crippen molar-refractivity contribution in [1.29, 1.82) is 0 Å². The third kappa shape index (κ3) is 3.19. The van der Waals surface area contributed by atoms with E-state index in [2.05, 4.69) is 21.2 Å². The molecule has 0 fully saturated rings. The average Bonchev–Trinajstić information content (AvgIpc) is 2.42. The number of hydrogen-bond donors (Lipinski definition) is 2. The fourth-order valence-electron chi connectivity index (χ4n) is 1.70. The molecule has 0 atom stereocenters. The molecule has 0 aliphatic rings. The van der Waals surface area contributed by atoms with Crippen LogP contribution in [0.5, 0.6) is 11.5 Å². The first kappa shape index (κ1) is 14.6. The Bertz CT molecular complexity index is 612. The first-order valence-corrected chi connectivity index (χ1v) is 6.55. The standard InChI is InChI=1S/C14H12BrF2NO2/c1-20-13-3-2-9(6-10(13)15)18-7-8-4-11(16)14(19)12(17)5-8/h2-6,18-19H,7H2,1H3. The second-order valence-electron chi connectivity index (χ2n) is 4.11. The fourth-order valence-corrected chi connectivity index (χ4v) is 2.24. The van der Waals surface area contributed by atoms with Crippen molar-refractivity contribution in [3.63, 3.8) is 0 Å². The molecule has 2 N–H and O–H groups in total. The van der Waals surface area contributed by atoms with Crippen LogP contribution in [0.3, 0.4) is 0 Å². The number of phenols is 1. The van der Waals surface area contributed by atoms with Crippen molar-refractivity contribution in [3.05, 3.63) is 52.0 Å². The topological polar surface area (TPSA) is 41.5 Å². The lowest BCUT2D eigenvalue weighted by Gasteiger charge is -2.10. The highest BCUT2D eigenvalue weighted by Gasteiger charge is 2.09. The molecular formula is C14H12BrF2NO2. The molecule has 2 rings (SSSR count). The highest BCUT2D eigenvalue weighted by Crippen LogP contribution is 2.28. The van der Waals surface area contributed by atoms with Crippen molar-refractivity contribution in [2.24, 2.45) is 0 Å². The number of benzene rings is 2. The van der Waals surface area contributed by atoms with Crippen LogP contribution in [0.2, 0.25) is 0 Å². The van der Waals surface area contributed by atoms with E-state index < -0.39 is 17.4 Å². The predicted octanol–water partition coefficient (Wildman–Crippen LogP) is 4.05. The highest BCUT2D eigenvalue weighted by molar-refractivity contribution is 9.10. The second kappa shape index (κ2) is 6.09. The number of methoxy groups -OCH3 is 1. The van der Waals surface area contributed by atoms with Crippen molar-refractivity contribution in [2.45, 2.75) is 6.54 Å². The van der Waals surface area contributed by atoms with Crippen LogP contribution in [0.25, 0.3) is 0 Å². The summed E-state index contributed by atoms with van der Waals surface area (Å²) in [6.45, 7) is 0.229. The van der Waals surface area contributed by atoms with E-state index in [4.69, 9.17) is 9.84 Å². The zero-order valence-corrected chi connectivity index (χ0v) is 12.2. The minimum absolute atomic E-state index is 0.229. The molecule has 0 radical (unpaired) electrons. The largest absolute Gasteiger partial charge is 0.503 e. The Morgan fingerprint density at radius 2 is 1.85 bits per heavy atom. The van der Waals surface area contributed by atoms with Crippen LogP contribution >= 0.6 is 15.9 Å². The van der Waals surface area contributed by atoms with Gasteiger partial charge in [0.05, 0.1) is 11.6 Å². The van der Waals surface area contributed by atoms with E-state index in [1.807, 2.05) is 0 Å². The summed E-state index contributed by atoms with van der Waals surface area (Å²) in [5.74, 6) is -2.21. The highest BCUT2D eigenvalue weighted by atomic mass is 79.9. The van der Waals surface area contributed by atoms with Gasteiger partial charge in [0.25, 0.3) is 0 Å². The molecule has 0 heterocycles. The number of rotatable bonds is 4. The van der Waals surface area contributed by atoms with Crippen LogP contribution in [0.15, 0.2) is 34.8 Å². The summed E-state index contributed by atoms with van der Waals surface area (Å²) in [6.07, 6.45) is 0. The zero-order valence-electron chi connectivity index (χ0n) is 10.6. The Balaban J connectivity index is 2.11. The third-order valence-electron chi connectivity index (χ3n) is 2.73. The van der Waals surface area contributed by atoms with Crippen LogP contribution in [0.4, 0.5) is 14.5 Å². The number of hydrogen-bond acceptors (Lipinski definition) is 3. The van der Waals surface area contributed by atoms with Gasteiger partial charge in [0, 0.05) is 12.2 Å². The van der Waals surface area contributed by atoms with E-state index in [9.17, 15) is 8.78 Å². The maximum Gasteiger partial charge on any atom is 0.187 e. The van der Waals surface area contributed by atoms with Gasteiger partial charge < -0.3 is 15.2 Å². The lowest BCUT2D eigenvalue weighted by Crippen LogP contribution is -2.01.